The number of ether oxygens (including phenoxy) is 2. The summed E-state index contributed by atoms with van der Waals surface area (Å²) < 4.78 is 10.8. The van der Waals surface area contributed by atoms with Gasteiger partial charge in [0.25, 0.3) is 5.91 Å². The Hall–Kier alpha value is -3.81. The van der Waals surface area contributed by atoms with Crippen molar-refractivity contribution in [3.63, 3.8) is 0 Å². The average Bonchev–Trinajstić information content (AvgIpc) is 2.92. The predicted molar refractivity (Wildman–Crippen MR) is 127 cm³/mol. The SMILES string of the molecule is C=CCc1cc(C(=O)N(C)CC(=O)N2c3ccccc3NC(=O)C[C@@H]2C)cc(OC)c1OC. The van der Waals surface area contributed by atoms with Crippen LogP contribution in [0.3, 0.4) is 0 Å². The van der Waals surface area contributed by atoms with Gasteiger partial charge in [0.05, 0.1) is 25.6 Å². The zero-order valence-electron chi connectivity index (χ0n) is 19.4. The molecule has 1 aliphatic heterocycles. The van der Waals surface area contributed by atoms with Crippen molar-refractivity contribution in [3.05, 3.63) is 60.2 Å². The van der Waals surface area contributed by atoms with Crippen molar-refractivity contribution in [3.8, 4) is 11.5 Å². The zero-order chi connectivity index (χ0) is 24.1. The molecule has 0 saturated heterocycles. The molecule has 0 spiro atoms. The van der Waals surface area contributed by atoms with E-state index in [-0.39, 0.29) is 36.7 Å². The number of carbonyl (C=O) groups is 3. The summed E-state index contributed by atoms with van der Waals surface area (Å²) in [5.74, 6) is 0.197. The quantitative estimate of drug-likeness (QED) is 0.653. The number of hydrogen-bond donors (Lipinski definition) is 1. The van der Waals surface area contributed by atoms with Crippen molar-refractivity contribution in [2.75, 3.05) is 38.0 Å². The van der Waals surface area contributed by atoms with Crippen LogP contribution in [0.2, 0.25) is 0 Å². The van der Waals surface area contributed by atoms with Crippen molar-refractivity contribution >= 4 is 29.1 Å². The van der Waals surface area contributed by atoms with Crippen LogP contribution in [0.5, 0.6) is 11.5 Å². The number of hydrogen-bond acceptors (Lipinski definition) is 5. The predicted octanol–water partition coefficient (Wildman–Crippen LogP) is 3.27. The minimum atomic E-state index is -0.357. The molecule has 33 heavy (non-hydrogen) atoms. The first-order chi connectivity index (χ1) is 15.8. The number of anilines is 2. The van der Waals surface area contributed by atoms with Crippen LogP contribution in [0, 0.1) is 0 Å². The third-order valence-electron chi connectivity index (χ3n) is 5.51. The molecular formula is C25H29N3O5. The smallest absolute Gasteiger partial charge is 0.254 e. The van der Waals surface area contributed by atoms with Crippen LogP contribution in [0.15, 0.2) is 49.1 Å². The van der Waals surface area contributed by atoms with Gasteiger partial charge in [-0.15, -0.1) is 6.58 Å². The standard InChI is InChI=1S/C25H29N3O5/c1-6-9-17-13-18(14-21(32-4)24(17)33-5)25(31)27(3)15-23(30)28-16(2)12-22(29)26-19-10-7-8-11-20(19)28/h6-8,10-11,13-14,16H,1,9,12,15H2,2-5H3,(H,26,29)/t16-/m0/s1. The van der Waals surface area contributed by atoms with Crippen molar-refractivity contribution in [1.29, 1.82) is 0 Å². The van der Waals surface area contributed by atoms with Gasteiger partial charge in [0, 0.05) is 30.6 Å². The van der Waals surface area contributed by atoms with Crippen molar-refractivity contribution < 1.29 is 23.9 Å². The second-order valence-corrected chi connectivity index (χ2v) is 7.91. The molecule has 2 aromatic carbocycles. The number of carbonyl (C=O) groups excluding carboxylic acids is 3. The maximum absolute atomic E-state index is 13.3. The second kappa shape index (κ2) is 10.2. The minimum Gasteiger partial charge on any atom is -0.493 e. The van der Waals surface area contributed by atoms with Crippen LogP contribution in [0.1, 0.15) is 29.3 Å². The molecule has 1 heterocycles. The lowest BCUT2D eigenvalue weighted by atomic mass is 10.0. The van der Waals surface area contributed by atoms with E-state index in [1.807, 2.05) is 13.0 Å². The molecule has 0 aromatic heterocycles. The average molecular weight is 452 g/mol. The third kappa shape index (κ3) is 5.00. The van der Waals surface area contributed by atoms with Gasteiger partial charge >= 0.3 is 0 Å². The van der Waals surface area contributed by atoms with E-state index >= 15 is 0 Å². The van der Waals surface area contributed by atoms with Crippen LogP contribution in [-0.2, 0) is 16.0 Å². The van der Waals surface area contributed by atoms with Crippen molar-refractivity contribution in [2.24, 2.45) is 0 Å². The summed E-state index contributed by atoms with van der Waals surface area (Å²) in [5.41, 5.74) is 2.32. The normalized spacial score (nSPS) is 15.1. The van der Waals surface area contributed by atoms with Gasteiger partial charge in [-0.3, -0.25) is 14.4 Å². The Bertz CT molecular complexity index is 1080. The summed E-state index contributed by atoms with van der Waals surface area (Å²) in [6.07, 6.45) is 2.37. The van der Waals surface area contributed by atoms with Crippen molar-refractivity contribution in [2.45, 2.75) is 25.8 Å². The first-order valence-electron chi connectivity index (χ1n) is 10.6. The molecule has 8 nitrogen and oxygen atoms in total. The van der Waals surface area contributed by atoms with Gasteiger partial charge in [-0.25, -0.2) is 0 Å². The van der Waals surface area contributed by atoms with Crippen LogP contribution >= 0.6 is 0 Å². The molecule has 0 aliphatic carbocycles. The summed E-state index contributed by atoms with van der Waals surface area (Å²) in [4.78, 5) is 41.6. The van der Waals surface area contributed by atoms with E-state index in [1.54, 1.807) is 48.4 Å². The molecule has 1 atom stereocenters. The summed E-state index contributed by atoms with van der Waals surface area (Å²) >= 11 is 0. The molecule has 1 N–H and O–H groups in total. The number of nitrogens with one attached hydrogen (secondary N) is 1. The van der Waals surface area contributed by atoms with E-state index in [9.17, 15) is 14.4 Å². The molecule has 2 aromatic rings. The third-order valence-corrected chi connectivity index (χ3v) is 5.51. The number of fused-ring (bicyclic) bond motifs is 1. The molecule has 174 valence electrons. The maximum Gasteiger partial charge on any atom is 0.254 e. The fraction of sp³-hybridized carbons (Fsp3) is 0.320. The second-order valence-electron chi connectivity index (χ2n) is 7.91. The lowest BCUT2D eigenvalue weighted by Gasteiger charge is -2.30. The van der Waals surface area contributed by atoms with E-state index in [0.717, 1.165) is 5.56 Å². The Morgan fingerprint density at radius 2 is 1.97 bits per heavy atom. The van der Waals surface area contributed by atoms with Gasteiger partial charge in [0.2, 0.25) is 11.8 Å². The molecule has 1 aliphatic rings. The van der Waals surface area contributed by atoms with Crippen LogP contribution in [0.4, 0.5) is 11.4 Å². The highest BCUT2D eigenvalue weighted by atomic mass is 16.5. The van der Waals surface area contributed by atoms with Gasteiger partial charge in [0.15, 0.2) is 11.5 Å². The van der Waals surface area contributed by atoms with Crippen LogP contribution < -0.4 is 19.7 Å². The van der Waals surface area contributed by atoms with Crippen LogP contribution in [-0.4, -0.2) is 56.5 Å². The van der Waals surface area contributed by atoms with E-state index in [1.165, 1.54) is 19.1 Å². The molecule has 0 unspecified atom stereocenters. The topological polar surface area (TPSA) is 88.2 Å². The molecule has 3 amide bonds. The highest BCUT2D eigenvalue weighted by Gasteiger charge is 2.31. The number of para-hydroxylation sites is 2. The summed E-state index contributed by atoms with van der Waals surface area (Å²) in [7, 11) is 4.61. The lowest BCUT2D eigenvalue weighted by molar-refractivity contribution is -0.119. The number of methoxy groups -OCH3 is 2. The minimum absolute atomic E-state index is 0.156. The van der Waals surface area contributed by atoms with Gasteiger partial charge in [-0.1, -0.05) is 18.2 Å². The first kappa shape index (κ1) is 23.8. The Morgan fingerprint density at radius 3 is 2.64 bits per heavy atom. The largest absolute Gasteiger partial charge is 0.493 e. The van der Waals surface area contributed by atoms with Gasteiger partial charge in [0.1, 0.15) is 6.54 Å². The lowest BCUT2D eigenvalue weighted by Crippen LogP contribution is -2.45. The Morgan fingerprint density at radius 1 is 1.24 bits per heavy atom. The molecule has 8 heteroatoms. The molecule has 0 saturated carbocycles. The number of likely N-dealkylation sites (N-methyl/N-ethyl adjacent to an activating group) is 1. The monoisotopic (exact) mass is 451 g/mol. The van der Waals surface area contributed by atoms with Crippen LogP contribution in [0.25, 0.3) is 0 Å². The van der Waals surface area contributed by atoms with E-state index in [2.05, 4.69) is 11.9 Å². The van der Waals surface area contributed by atoms with E-state index < -0.39 is 0 Å². The van der Waals surface area contributed by atoms with Gasteiger partial charge < -0.3 is 24.6 Å². The highest BCUT2D eigenvalue weighted by Crippen LogP contribution is 2.34. The van der Waals surface area contributed by atoms with E-state index in [0.29, 0.717) is 34.9 Å². The molecule has 0 fully saturated rings. The van der Waals surface area contributed by atoms with Gasteiger partial charge in [-0.2, -0.15) is 0 Å². The van der Waals surface area contributed by atoms with Crippen molar-refractivity contribution in [1.82, 2.24) is 4.90 Å². The molecule has 3 rings (SSSR count). The summed E-state index contributed by atoms with van der Waals surface area (Å²) in [6, 6.07) is 10.1. The summed E-state index contributed by atoms with van der Waals surface area (Å²) in [6.45, 7) is 5.42. The van der Waals surface area contributed by atoms with E-state index in [4.69, 9.17) is 9.47 Å². The maximum atomic E-state index is 13.3. The number of nitrogens with zero attached hydrogens (tertiary/aromatic N) is 2. The molecule has 0 radical (unpaired) electrons. The Balaban J connectivity index is 1.87. The number of benzene rings is 2. The van der Waals surface area contributed by atoms with Gasteiger partial charge in [-0.05, 0) is 37.6 Å². The molecular weight excluding hydrogens is 422 g/mol. The Kier molecular flexibility index (Phi) is 7.37. The fourth-order valence-electron chi connectivity index (χ4n) is 4.01. The number of allylic oxidation sites excluding steroid dienone is 1. The highest BCUT2D eigenvalue weighted by molar-refractivity contribution is 6.06. The Labute approximate surface area is 193 Å². The summed E-state index contributed by atoms with van der Waals surface area (Å²) in [5, 5.41) is 2.83. The zero-order valence-corrected chi connectivity index (χ0v) is 19.4. The fourth-order valence-corrected chi connectivity index (χ4v) is 4.01. The number of amides is 3. The molecule has 0 bridgehead atoms. The number of rotatable bonds is 7. The first-order valence-corrected chi connectivity index (χ1v) is 10.6.